The third kappa shape index (κ3) is 1.92. The Morgan fingerprint density at radius 3 is 2.83 bits per heavy atom. The number of halogens is 1. The molecule has 1 heterocycles. The van der Waals surface area contributed by atoms with Crippen LogP contribution in [-0.4, -0.2) is 22.2 Å². The highest BCUT2D eigenvalue weighted by atomic mass is 79.9. The summed E-state index contributed by atoms with van der Waals surface area (Å²) in [6, 6.07) is 0. The molecule has 5 heteroatoms. The molecule has 0 spiro atoms. The molecule has 0 radical (unpaired) electrons. The lowest BCUT2D eigenvalue weighted by atomic mass is 10.3. The van der Waals surface area contributed by atoms with E-state index in [1.54, 1.807) is 6.92 Å². The first-order valence-corrected chi connectivity index (χ1v) is 4.19. The van der Waals surface area contributed by atoms with Gasteiger partial charge < -0.3 is 9.84 Å². The fourth-order valence-electron chi connectivity index (χ4n) is 0.799. The molecule has 1 N–H and O–H groups in total. The third-order valence-electron chi connectivity index (χ3n) is 1.32. The smallest absolute Gasteiger partial charge is 0.238 e. The van der Waals surface area contributed by atoms with E-state index in [-0.39, 0.29) is 0 Å². The number of nitrogens with zero attached hydrogens (tertiary/aromatic N) is 2. The molecule has 12 heavy (non-hydrogen) atoms. The standard InChI is InChI=1S/C7H9BrN2O2/c1-4(11)6-7(12-2)9-3-5(8)10-6/h3-4,11H,1-2H3. The van der Waals surface area contributed by atoms with Crippen LogP contribution in [0.2, 0.25) is 0 Å². The van der Waals surface area contributed by atoms with Crippen LogP contribution < -0.4 is 4.74 Å². The van der Waals surface area contributed by atoms with Gasteiger partial charge in [-0.15, -0.1) is 0 Å². The maximum absolute atomic E-state index is 9.26. The fraction of sp³-hybridized carbons (Fsp3) is 0.429. The summed E-state index contributed by atoms with van der Waals surface area (Å²) in [6.07, 6.45) is 0.843. The highest BCUT2D eigenvalue weighted by Crippen LogP contribution is 2.21. The first-order chi connectivity index (χ1) is 5.65. The Bertz CT molecular complexity index is 278. The molecule has 0 saturated carbocycles. The highest BCUT2D eigenvalue weighted by Gasteiger charge is 2.11. The molecule has 0 aliphatic carbocycles. The van der Waals surface area contributed by atoms with Crippen molar-refractivity contribution in [1.29, 1.82) is 0 Å². The molecular formula is C7H9BrN2O2. The Kier molecular flexibility index (Phi) is 2.99. The van der Waals surface area contributed by atoms with Gasteiger partial charge in [0.2, 0.25) is 5.88 Å². The fourth-order valence-corrected chi connectivity index (χ4v) is 1.09. The van der Waals surface area contributed by atoms with Gasteiger partial charge >= 0.3 is 0 Å². The summed E-state index contributed by atoms with van der Waals surface area (Å²) < 4.78 is 5.49. The van der Waals surface area contributed by atoms with E-state index in [9.17, 15) is 5.11 Å². The predicted molar refractivity (Wildman–Crippen MR) is 46.9 cm³/mol. The van der Waals surface area contributed by atoms with Crippen LogP contribution in [0.25, 0.3) is 0 Å². The molecule has 66 valence electrons. The molecule has 1 unspecified atom stereocenters. The molecule has 1 aromatic rings. The van der Waals surface area contributed by atoms with Crippen molar-refractivity contribution in [2.24, 2.45) is 0 Å². The minimum absolute atomic E-state index is 0.355. The zero-order chi connectivity index (χ0) is 9.14. The van der Waals surface area contributed by atoms with Gasteiger partial charge in [-0.2, -0.15) is 0 Å². The van der Waals surface area contributed by atoms with E-state index in [1.165, 1.54) is 13.3 Å². The minimum Gasteiger partial charge on any atom is -0.480 e. The van der Waals surface area contributed by atoms with Gasteiger partial charge in [0.1, 0.15) is 10.3 Å². The average molecular weight is 233 g/mol. The van der Waals surface area contributed by atoms with Gasteiger partial charge in [0.15, 0.2) is 0 Å². The molecule has 1 aromatic heterocycles. The number of hydrogen-bond donors (Lipinski definition) is 1. The zero-order valence-corrected chi connectivity index (χ0v) is 8.37. The minimum atomic E-state index is -0.676. The van der Waals surface area contributed by atoms with Crippen molar-refractivity contribution in [1.82, 2.24) is 9.97 Å². The van der Waals surface area contributed by atoms with Crippen molar-refractivity contribution >= 4 is 15.9 Å². The van der Waals surface area contributed by atoms with Gasteiger partial charge in [-0.3, -0.25) is 0 Å². The Morgan fingerprint density at radius 1 is 1.67 bits per heavy atom. The average Bonchev–Trinajstić information content (AvgIpc) is 2.04. The topological polar surface area (TPSA) is 55.2 Å². The Morgan fingerprint density at radius 2 is 2.33 bits per heavy atom. The van der Waals surface area contributed by atoms with Crippen molar-refractivity contribution in [2.75, 3.05) is 7.11 Å². The molecule has 4 nitrogen and oxygen atoms in total. The molecule has 0 aliphatic heterocycles. The third-order valence-corrected chi connectivity index (χ3v) is 1.71. The Labute approximate surface area is 78.7 Å². The highest BCUT2D eigenvalue weighted by molar-refractivity contribution is 9.10. The lowest BCUT2D eigenvalue weighted by molar-refractivity contribution is 0.187. The second kappa shape index (κ2) is 3.82. The number of aromatic nitrogens is 2. The van der Waals surface area contributed by atoms with Crippen molar-refractivity contribution in [2.45, 2.75) is 13.0 Å². The number of hydrogen-bond acceptors (Lipinski definition) is 4. The molecular weight excluding hydrogens is 224 g/mol. The van der Waals surface area contributed by atoms with Crippen molar-refractivity contribution in [3.63, 3.8) is 0 Å². The zero-order valence-electron chi connectivity index (χ0n) is 6.78. The molecule has 0 aliphatic rings. The van der Waals surface area contributed by atoms with Gasteiger partial charge in [0.25, 0.3) is 0 Å². The Balaban J connectivity index is 3.12. The predicted octanol–water partition coefficient (Wildman–Crippen LogP) is 1.30. The molecule has 1 atom stereocenters. The first-order valence-electron chi connectivity index (χ1n) is 3.39. The van der Waals surface area contributed by atoms with Crippen LogP contribution in [0.5, 0.6) is 5.88 Å². The normalized spacial score (nSPS) is 12.7. The second-order valence-corrected chi connectivity index (χ2v) is 3.08. The van der Waals surface area contributed by atoms with E-state index in [0.29, 0.717) is 16.2 Å². The van der Waals surface area contributed by atoms with Gasteiger partial charge in [-0.05, 0) is 22.9 Å². The molecule has 1 rings (SSSR count). The van der Waals surface area contributed by atoms with Crippen LogP contribution in [0.4, 0.5) is 0 Å². The van der Waals surface area contributed by atoms with E-state index in [2.05, 4.69) is 25.9 Å². The summed E-state index contributed by atoms with van der Waals surface area (Å²) in [4.78, 5) is 7.95. The van der Waals surface area contributed by atoms with Crippen molar-refractivity contribution in [3.05, 3.63) is 16.5 Å². The van der Waals surface area contributed by atoms with E-state index in [4.69, 9.17) is 4.74 Å². The number of rotatable bonds is 2. The van der Waals surface area contributed by atoms with Crippen LogP contribution >= 0.6 is 15.9 Å². The molecule has 0 bridgehead atoms. The summed E-state index contributed by atoms with van der Waals surface area (Å²) in [5.74, 6) is 0.355. The summed E-state index contributed by atoms with van der Waals surface area (Å²) in [5, 5.41) is 9.26. The maximum Gasteiger partial charge on any atom is 0.238 e. The molecule has 0 amide bonds. The molecule has 0 saturated heterocycles. The second-order valence-electron chi connectivity index (χ2n) is 2.26. The van der Waals surface area contributed by atoms with Crippen molar-refractivity contribution in [3.8, 4) is 5.88 Å². The number of aliphatic hydroxyl groups is 1. The summed E-state index contributed by atoms with van der Waals surface area (Å²) >= 11 is 3.15. The molecule has 0 aromatic carbocycles. The van der Waals surface area contributed by atoms with Crippen LogP contribution in [0.3, 0.4) is 0 Å². The van der Waals surface area contributed by atoms with Crippen LogP contribution in [0, 0.1) is 0 Å². The maximum atomic E-state index is 9.26. The van der Waals surface area contributed by atoms with Crippen molar-refractivity contribution < 1.29 is 9.84 Å². The van der Waals surface area contributed by atoms with Gasteiger partial charge in [-0.25, -0.2) is 9.97 Å². The summed E-state index contributed by atoms with van der Waals surface area (Å²) in [5.41, 5.74) is 0.437. The van der Waals surface area contributed by atoms with E-state index >= 15 is 0 Å². The number of methoxy groups -OCH3 is 1. The van der Waals surface area contributed by atoms with Crippen LogP contribution in [0.1, 0.15) is 18.7 Å². The Hall–Kier alpha value is -0.680. The lowest BCUT2D eigenvalue weighted by Crippen LogP contribution is -2.02. The van der Waals surface area contributed by atoms with E-state index in [0.717, 1.165) is 0 Å². The summed E-state index contributed by atoms with van der Waals surface area (Å²) in [7, 11) is 1.49. The largest absolute Gasteiger partial charge is 0.480 e. The molecule has 0 fully saturated rings. The number of aliphatic hydroxyl groups excluding tert-OH is 1. The monoisotopic (exact) mass is 232 g/mol. The van der Waals surface area contributed by atoms with Gasteiger partial charge in [-0.1, -0.05) is 0 Å². The lowest BCUT2D eigenvalue weighted by Gasteiger charge is -2.07. The quantitative estimate of drug-likeness (QED) is 0.836. The van der Waals surface area contributed by atoms with E-state index < -0.39 is 6.10 Å². The van der Waals surface area contributed by atoms with Gasteiger partial charge in [0, 0.05) is 0 Å². The van der Waals surface area contributed by atoms with Crippen LogP contribution in [-0.2, 0) is 0 Å². The van der Waals surface area contributed by atoms with Crippen LogP contribution in [0.15, 0.2) is 10.8 Å². The van der Waals surface area contributed by atoms with E-state index in [1.807, 2.05) is 0 Å². The SMILES string of the molecule is COc1ncc(Br)nc1C(C)O. The number of ether oxygens (including phenoxy) is 1. The van der Waals surface area contributed by atoms with Gasteiger partial charge in [0.05, 0.1) is 19.4 Å². The summed E-state index contributed by atoms with van der Waals surface area (Å²) in [6.45, 7) is 1.61. The first kappa shape index (κ1) is 9.41.